The number of carboxylic acids is 1. The molecule has 6 nitrogen and oxygen atoms in total. The summed E-state index contributed by atoms with van der Waals surface area (Å²) in [5.74, 6) is -1.08. The molecule has 0 radical (unpaired) electrons. The lowest BCUT2D eigenvalue weighted by Crippen LogP contribution is -2.40. The Morgan fingerprint density at radius 1 is 1.22 bits per heavy atom. The summed E-state index contributed by atoms with van der Waals surface area (Å²) in [7, 11) is 4.09. The Morgan fingerprint density at radius 2 is 1.96 bits per heavy atom. The molecule has 2 atom stereocenters. The molecule has 0 heterocycles. The van der Waals surface area contributed by atoms with Gasteiger partial charge in [0.25, 0.3) is 0 Å². The molecule has 1 aliphatic rings. The van der Waals surface area contributed by atoms with Crippen molar-refractivity contribution in [1.82, 2.24) is 10.2 Å². The van der Waals surface area contributed by atoms with E-state index in [9.17, 15) is 14.7 Å². The second-order valence-corrected chi connectivity index (χ2v) is 7.53. The van der Waals surface area contributed by atoms with E-state index in [4.69, 9.17) is 4.74 Å². The van der Waals surface area contributed by atoms with Crippen molar-refractivity contribution in [2.75, 3.05) is 33.8 Å². The third-order valence-corrected chi connectivity index (χ3v) is 5.05. The van der Waals surface area contributed by atoms with Crippen LogP contribution in [-0.4, -0.2) is 55.7 Å². The van der Waals surface area contributed by atoms with Gasteiger partial charge in [0.1, 0.15) is 5.75 Å². The van der Waals surface area contributed by atoms with Gasteiger partial charge in [-0.2, -0.15) is 0 Å². The highest BCUT2D eigenvalue weighted by atomic mass is 16.5. The monoisotopic (exact) mass is 376 g/mol. The fourth-order valence-electron chi connectivity index (χ4n) is 3.56. The van der Waals surface area contributed by atoms with Crippen LogP contribution < -0.4 is 10.1 Å². The van der Waals surface area contributed by atoms with Gasteiger partial charge in [-0.05, 0) is 57.5 Å². The Hall–Kier alpha value is -2.08. The van der Waals surface area contributed by atoms with Crippen LogP contribution in [0.25, 0.3) is 0 Å². The molecule has 1 aliphatic carbocycles. The lowest BCUT2D eigenvalue weighted by molar-refractivity contribution is -0.148. The predicted molar refractivity (Wildman–Crippen MR) is 105 cm³/mol. The molecule has 0 aromatic heterocycles. The van der Waals surface area contributed by atoms with Gasteiger partial charge in [-0.15, -0.1) is 0 Å². The molecule has 0 saturated heterocycles. The topological polar surface area (TPSA) is 78.9 Å². The van der Waals surface area contributed by atoms with E-state index in [1.165, 1.54) is 0 Å². The minimum Gasteiger partial charge on any atom is -0.494 e. The molecule has 150 valence electrons. The molecule has 2 rings (SSSR count). The van der Waals surface area contributed by atoms with Gasteiger partial charge in [0, 0.05) is 13.1 Å². The normalized spacial score (nSPS) is 19.7. The molecule has 0 bridgehead atoms. The van der Waals surface area contributed by atoms with Crippen molar-refractivity contribution in [1.29, 1.82) is 0 Å². The summed E-state index contributed by atoms with van der Waals surface area (Å²) in [4.78, 5) is 25.9. The third kappa shape index (κ3) is 7.21. The summed E-state index contributed by atoms with van der Waals surface area (Å²) in [6, 6.07) is 7.92. The molecule has 1 fully saturated rings. The number of carboxylic acid groups (broad SMARTS) is 1. The van der Waals surface area contributed by atoms with Crippen LogP contribution in [0.3, 0.4) is 0 Å². The van der Waals surface area contributed by atoms with Gasteiger partial charge in [-0.25, -0.2) is 0 Å². The van der Waals surface area contributed by atoms with Crippen molar-refractivity contribution in [2.45, 2.75) is 38.5 Å². The smallest absolute Gasteiger partial charge is 0.307 e. The molecule has 0 aliphatic heterocycles. The van der Waals surface area contributed by atoms with Crippen LogP contribution in [0.2, 0.25) is 0 Å². The molecule has 1 saturated carbocycles. The molecule has 6 heteroatoms. The molecule has 1 amide bonds. The summed E-state index contributed by atoms with van der Waals surface area (Å²) in [6.07, 6.45) is 4.75. The average Bonchev–Trinajstić information content (AvgIpc) is 2.65. The van der Waals surface area contributed by atoms with Crippen molar-refractivity contribution in [3.8, 4) is 5.75 Å². The fourth-order valence-corrected chi connectivity index (χ4v) is 3.56. The van der Waals surface area contributed by atoms with Crippen molar-refractivity contribution in [3.05, 3.63) is 29.8 Å². The van der Waals surface area contributed by atoms with E-state index in [1.54, 1.807) is 0 Å². The third-order valence-electron chi connectivity index (χ3n) is 5.05. The minimum atomic E-state index is -0.853. The largest absolute Gasteiger partial charge is 0.494 e. The number of benzene rings is 1. The molecular formula is C21H32N2O4. The second kappa shape index (κ2) is 10.9. The van der Waals surface area contributed by atoms with Crippen molar-refractivity contribution >= 4 is 11.9 Å². The summed E-state index contributed by atoms with van der Waals surface area (Å²) in [5, 5.41) is 12.2. The number of rotatable bonds is 10. The van der Waals surface area contributed by atoms with Gasteiger partial charge in [-0.1, -0.05) is 25.0 Å². The maximum Gasteiger partial charge on any atom is 0.307 e. The van der Waals surface area contributed by atoms with Gasteiger partial charge in [0.2, 0.25) is 5.91 Å². The van der Waals surface area contributed by atoms with Crippen LogP contribution in [0.5, 0.6) is 5.75 Å². The van der Waals surface area contributed by atoms with E-state index in [0.717, 1.165) is 37.1 Å². The predicted octanol–water partition coefficient (Wildman–Crippen LogP) is 2.57. The van der Waals surface area contributed by atoms with Gasteiger partial charge in [-0.3, -0.25) is 9.59 Å². The molecule has 2 unspecified atom stereocenters. The zero-order valence-electron chi connectivity index (χ0n) is 16.4. The lowest BCUT2D eigenvalue weighted by Gasteiger charge is -2.27. The Balaban J connectivity index is 1.76. The van der Waals surface area contributed by atoms with E-state index < -0.39 is 17.8 Å². The van der Waals surface area contributed by atoms with Gasteiger partial charge in [0.05, 0.1) is 18.4 Å². The number of hydrogen-bond acceptors (Lipinski definition) is 4. The van der Waals surface area contributed by atoms with E-state index >= 15 is 0 Å². The number of amides is 1. The Labute approximate surface area is 161 Å². The first-order valence-electron chi connectivity index (χ1n) is 9.84. The summed E-state index contributed by atoms with van der Waals surface area (Å²) < 4.78 is 5.78. The fraction of sp³-hybridized carbons (Fsp3) is 0.619. The number of hydrogen-bond donors (Lipinski definition) is 2. The van der Waals surface area contributed by atoms with E-state index in [0.29, 0.717) is 32.4 Å². The number of carbonyl (C=O) groups excluding carboxylic acids is 1. The first-order chi connectivity index (χ1) is 13.0. The lowest BCUT2D eigenvalue weighted by atomic mass is 9.78. The maximum absolute atomic E-state index is 12.4. The van der Waals surface area contributed by atoms with E-state index in [1.807, 2.05) is 38.4 Å². The van der Waals surface area contributed by atoms with Crippen LogP contribution in [0, 0.1) is 11.8 Å². The van der Waals surface area contributed by atoms with Gasteiger partial charge < -0.3 is 20.1 Å². The molecule has 0 spiro atoms. The van der Waals surface area contributed by atoms with Crippen LogP contribution >= 0.6 is 0 Å². The molecule has 1 aromatic carbocycles. The van der Waals surface area contributed by atoms with Crippen LogP contribution in [0.4, 0.5) is 0 Å². The number of ether oxygens (including phenoxy) is 1. The molecule has 27 heavy (non-hydrogen) atoms. The van der Waals surface area contributed by atoms with Gasteiger partial charge >= 0.3 is 5.97 Å². The highest BCUT2D eigenvalue weighted by molar-refractivity contribution is 5.84. The Morgan fingerprint density at radius 3 is 2.67 bits per heavy atom. The van der Waals surface area contributed by atoms with E-state index in [-0.39, 0.29) is 5.91 Å². The molecular weight excluding hydrogens is 344 g/mol. The average molecular weight is 376 g/mol. The molecule has 2 N–H and O–H groups in total. The summed E-state index contributed by atoms with van der Waals surface area (Å²) in [6.45, 7) is 2.17. The quantitative estimate of drug-likeness (QED) is 0.614. The Bertz CT molecular complexity index is 618. The number of nitrogens with zero attached hydrogens (tertiary/aromatic N) is 1. The zero-order chi connectivity index (χ0) is 19.6. The number of aliphatic carboxylic acids is 1. The number of nitrogens with one attached hydrogen (secondary N) is 1. The van der Waals surface area contributed by atoms with Gasteiger partial charge in [0.15, 0.2) is 0 Å². The first-order valence-corrected chi connectivity index (χ1v) is 9.84. The first kappa shape index (κ1) is 21.2. The minimum absolute atomic E-state index is 0.127. The van der Waals surface area contributed by atoms with Crippen LogP contribution in [0.1, 0.15) is 37.7 Å². The Kier molecular flexibility index (Phi) is 8.58. The van der Waals surface area contributed by atoms with Crippen molar-refractivity contribution in [3.63, 3.8) is 0 Å². The maximum atomic E-state index is 12.4. The highest BCUT2D eigenvalue weighted by Crippen LogP contribution is 2.30. The highest BCUT2D eigenvalue weighted by Gasteiger charge is 2.35. The van der Waals surface area contributed by atoms with E-state index in [2.05, 4.69) is 10.2 Å². The van der Waals surface area contributed by atoms with Crippen molar-refractivity contribution < 1.29 is 19.4 Å². The van der Waals surface area contributed by atoms with Crippen molar-refractivity contribution in [2.24, 2.45) is 11.8 Å². The zero-order valence-corrected chi connectivity index (χ0v) is 16.4. The summed E-state index contributed by atoms with van der Waals surface area (Å²) in [5.41, 5.74) is 1.10. The second-order valence-electron chi connectivity index (χ2n) is 7.53. The van der Waals surface area contributed by atoms with Crippen LogP contribution in [-0.2, 0) is 16.0 Å². The summed E-state index contributed by atoms with van der Waals surface area (Å²) >= 11 is 0. The molecule has 1 aromatic rings. The number of carbonyl (C=O) groups is 2. The van der Waals surface area contributed by atoms with Crippen LogP contribution in [0.15, 0.2) is 24.3 Å². The SMILES string of the molecule is CN(C)CCCOc1cccc(CCNC(=O)C2CCCCC2C(=O)O)c1. The standard InChI is InChI=1S/C21H32N2O4/c1-23(2)13-6-14-27-17-8-5-7-16(15-17)11-12-22-20(24)18-9-3-4-10-19(18)21(25)26/h5,7-8,15,18-19H,3-4,6,9-14H2,1-2H3,(H,22,24)(H,25,26).